The van der Waals surface area contributed by atoms with Gasteiger partial charge in [-0.1, -0.05) is 0 Å². The maximum absolute atomic E-state index is 10.4. The first-order valence-electron chi connectivity index (χ1n) is 3.37. The zero-order valence-corrected chi connectivity index (χ0v) is 7.87. The van der Waals surface area contributed by atoms with E-state index in [1.165, 1.54) is 7.11 Å². The van der Waals surface area contributed by atoms with Gasteiger partial charge < -0.3 is 9.84 Å². The summed E-state index contributed by atoms with van der Waals surface area (Å²) < 4.78 is 27.4. The van der Waals surface area contributed by atoms with E-state index < -0.39 is 22.3 Å². The number of hydrogen-bond donors (Lipinski definition) is 3. The van der Waals surface area contributed by atoms with Crippen LogP contribution in [0.3, 0.4) is 0 Å². The molecule has 0 heterocycles. The van der Waals surface area contributed by atoms with Crippen molar-refractivity contribution >= 4 is 16.2 Å². The Morgan fingerprint density at radius 3 is 2.54 bits per heavy atom. The lowest BCUT2D eigenvalue weighted by Crippen LogP contribution is -2.38. The molecule has 8 heteroatoms. The van der Waals surface area contributed by atoms with Crippen molar-refractivity contribution in [3.8, 4) is 0 Å². The molecule has 0 aliphatic rings. The average Bonchev–Trinajstić information content (AvgIpc) is 1.95. The van der Waals surface area contributed by atoms with E-state index in [1.807, 2.05) is 4.72 Å². The highest BCUT2D eigenvalue weighted by atomic mass is 32.2. The molecule has 0 spiro atoms. The van der Waals surface area contributed by atoms with Gasteiger partial charge in [0.2, 0.25) is 0 Å². The molecule has 0 saturated heterocycles. The Labute approximate surface area is 76.1 Å². The van der Waals surface area contributed by atoms with Crippen molar-refractivity contribution in [1.82, 2.24) is 4.72 Å². The van der Waals surface area contributed by atoms with Crippen LogP contribution < -0.4 is 9.86 Å². The maximum Gasteiger partial charge on any atom is 0.306 e. The van der Waals surface area contributed by atoms with E-state index in [1.54, 1.807) is 0 Å². The van der Waals surface area contributed by atoms with Crippen molar-refractivity contribution in [3.05, 3.63) is 0 Å². The molecule has 0 rings (SSSR count). The van der Waals surface area contributed by atoms with Gasteiger partial charge in [0.1, 0.15) is 0 Å². The SMILES string of the molecule is COC(CNS(N)(=O)=O)CC(=O)O. The van der Waals surface area contributed by atoms with Gasteiger partial charge in [0, 0.05) is 13.7 Å². The van der Waals surface area contributed by atoms with E-state index in [0.29, 0.717) is 0 Å². The van der Waals surface area contributed by atoms with Gasteiger partial charge in [0.15, 0.2) is 0 Å². The van der Waals surface area contributed by atoms with Crippen molar-refractivity contribution in [3.63, 3.8) is 0 Å². The van der Waals surface area contributed by atoms with Crippen LogP contribution in [-0.4, -0.2) is 39.3 Å². The summed E-state index contributed by atoms with van der Waals surface area (Å²) in [6, 6.07) is 0. The summed E-state index contributed by atoms with van der Waals surface area (Å²) in [7, 11) is -2.50. The highest BCUT2D eigenvalue weighted by Gasteiger charge is 2.13. The molecule has 13 heavy (non-hydrogen) atoms. The standard InChI is InChI=1S/C5H12N2O5S/c1-12-4(2-5(8)9)3-7-13(6,10)11/h4,7H,2-3H2,1H3,(H,8,9)(H2,6,10,11). The van der Waals surface area contributed by atoms with Crippen LogP contribution in [0.25, 0.3) is 0 Å². The van der Waals surface area contributed by atoms with Crippen LogP contribution in [0.1, 0.15) is 6.42 Å². The molecule has 0 aromatic carbocycles. The molecule has 4 N–H and O–H groups in total. The third-order valence-electron chi connectivity index (χ3n) is 1.25. The highest BCUT2D eigenvalue weighted by molar-refractivity contribution is 7.87. The molecule has 7 nitrogen and oxygen atoms in total. The summed E-state index contributed by atoms with van der Waals surface area (Å²) in [5.74, 6) is -1.07. The second-order valence-electron chi connectivity index (χ2n) is 2.35. The fraction of sp³-hybridized carbons (Fsp3) is 0.800. The molecular weight excluding hydrogens is 200 g/mol. The average molecular weight is 212 g/mol. The maximum atomic E-state index is 10.4. The molecule has 0 aliphatic carbocycles. The van der Waals surface area contributed by atoms with Gasteiger partial charge in [-0.15, -0.1) is 0 Å². The van der Waals surface area contributed by atoms with Crippen LogP contribution in [0.4, 0.5) is 0 Å². The van der Waals surface area contributed by atoms with Crippen LogP contribution in [-0.2, 0) is 19.7 Å². The number of carboxylic acid groups (broad SMARTS) is 1. The molecule has 0 amide bonds. The lowest BCUT2D eigenvalue weighted by atomic mass is 10.2. The fourth-order valence-corrected chi connectivity index (χ4v) is 1.06. The molecular formula is C5H12N2O5S. The van der Waals surface area contributed by atoms with E-state index in [9.17, 15) is 13.2 Å². The van der Waals surface area contributed by atoms with Crippen molar-refractivity contribution in [2.24, 2.45) is 5.14 Å². The molecule has 0 saturated carbocycles. The smallest absolute Gasteiger partial charge is 0.306 e. The molecule has 0 radical (unpaired) electrons. The van der Waals surface area contributed by atoms with E-state index in [2.05, 4.69) is 5.14 Å². The monoisotopic (exact) mass is 212 g/mol. The molecule has 0 aliphatic heterocycles. The first kappa shape index (κ1) is 12.3. The summed E-state index contributed by atoms with van der Waals surface area (Å²) in [6.45, 7) is -0.151. The summed E-state index contributed by atoms with van der Waals surface area (Å²) in [5, 5.41) is 13.0. The normalized spacial score (nSPS) is 14.0. The molecule has 1 atom stereocenters. The Morgan fingerprint density at radius 1 is 1.69 bits per heavy atom. The fourth-order valence-electron chi connectivity index (χ4n) is 0.643. The third kappa shape index (κ3) is 7.65. The number of nitrogens with two attached hydrogens (primary N) is 1. The van der Waals surface area contributed by atoms with E-state index in [-0.39, 0.29) is 13.0 Å². The number of methoxy groups -OCH3 is 1. The van der Waals surface area contributed by atoms with Gasteiger partial charge in [-0.2, -0.15) is 13.1 Å². The van der Waals surface area contributed by atoms with Gasteiger partial charge in [-0.25, -0.2) is 5.14 Å². The quantitative estimate of drug-likeness (QED) is 0.483. The largest absolute Gasteiger partial charge is 0.481 e. The number of ether oxygens (including phenoxy) is 1. The number of hydrogen-bond acceptors (Lipinski definition) is 4. The van der Waals surface area contributed by atoms with Crippen molar-refractivity contribution in [1.29, 1.82) is 0 Å². The number of rotatable bonds is 6. The minimum absolute atomic E-state index is 0.151. The predicted octanol–water partition coefficient (Wildman–Crippen LogP) is -1.73. The Hall–Kier alpha value is -0.700. The lowest BCUT2D eigenvalue weighted by molar-refractivity contribution is -0.139. The van der Waals surface area contributed by atoms with Gasteiger partial charge in [0.25, 0.3) is 10.2 Å². The highest BCUT2D eigenvalue weighted by Crippen LogP contribution is 1.95. The Balaban J connectivity index is 3.93. The van der Waals surface area contributed by atoms with Crippen molar-refractivity contribution in [2.75, 3.05) is 13.7 Å². The first-order valence-corrected chi connectivity index (χ1v) is 4.91. The Morgan fingerprint density at radius 2 is 2.23 bits per heavy atom. The summed E-state index contributed by atoms with van der Waals surface area (Å²) in [6.07, 6.45) is -0.991. The summed E-state index contributed by atoms with van der Waals surface area (Å²) in [5.41, 5.74) is 0. The zero-order chi connectivity index (χ0) is 10.5. The number of aliphatic carboxylic acids is 1. The molecule has 0 aromatic rings. The topological polar surface area (TPSA) is 119 Å². The van der Waals surface area contributed by atoms with Crippen LogP contribution in [0, 0.1) is 0 Å². The minimum Gasteiger partial charge on any atom is -0.481 e. The van der Waals surface area contributed by atoms with Crippen LogP contribution in [0.5, 0.6) is 0 Å². The third-order valence-corrected chi connectivity index (χ3v) is 1.82. The summed E-state index contributed by atoms with van der Waals surface area (Å²) in [4.78, 5) is 10.2. The second kappa shape index (κ2) is 5.12. The van der Waals surface area contributed by atoms with Gasteiger partial charge in [-0.3, -0.25) is 4.79 Å². The molecule has 78 valence electrons. The second-order valence-corrected chi connectivity index (χ2v) is 3.73. The van der Waals surface area contributed by atoms with E-state index in [4.69, 9.17) is 9.84 Å². The molecule has 0 fully saturated rings. The Kier molecular flexibility index (Phi) is 4.85. The molecule has 0 bridgehead atoms. The van der Waals surface area contributed by atoms with Gasteiger partial charge >= 0.3 is 5.97 Å². The van der Waals surface area contributed by atoms with Gasteiger partial charge in [0.05, 0.1) is 12.5 Å². The number of carbonyl (C=O) groups is 1. The predicted molar refractivity (Wildman–Crippen MR) is 44.2 cm³/mol. The van der Waals surface area contributed by atoms with Crippen LogP contribution in [0.2, 0.25) is 0 Å². The Bertz CT molecular complexity index is 262. The van der Waals surface area contributed by atoms with Crippen LogP contribution >= 0.6 is 0 Å². The minimum atomic E-state index is -3.79. The first-order chi connectivity index (χ1) is 5.85. The summed E-state index contributed by atoms with van der Waals surface area (Å²) >= 11 is 0. The molecule has 1 unspecified atom stereocenters. The zero-order valence-electron chi connectivity index (χ0n) is 7.06. The van der Waals surface area contributed by atoms with Crippen LogP contribution in [0.15, 0.2) is 0 Å². The molecule has 0 aromatic heterocycles. The van der Waals surface area contributed by atoms with Crippen molar-refractivity contribution in [2.45, 2.75) is 12.5 Å². The number of carboxylic acids is 1. The lowest BCUT2D eigenvalue weighted by Gasteiger charge is -2.12. The van der Waals surface area contributed by atoms with Gasteiger partial charge in [-0.05, 0) is 0 Å². The van der Waals surface area contributed by atoms with E-state index in [0.717, 1.165) is 0 Å². The number of nitrogens with one attached hydrogen (secondary N) is 1. The van der Waals surface area contributed by atoms with Crippen molar-refractivity contribution < 1.29 is 23.1 Å². The van der Waals surface area contributed by atoms with E-state index >= 15 is 0 Å².